The average molecular weight is 1220 g/mol. The smallest absolute Gasteiger partial charge is 0.295 e. The summed E-state index contributed by atoms with van der Waals surface area (Å²) in [6.45, 7) is 15.4. The Morgan fingerprint density at radius 3 is 1.98 bits per heavy atom. The number of carbonyl (C=O) groups excluding carboxylic acids is 2. The molecule has 0 atom stereocenters. The van der Waals surface area contributed by atoms with Gasteiger partial charge in [0.2, 0.25) is 27.2 Å². The summed E-state index contributed by atoms with van der Waals surface area (Å²) >= 11 is 0.983. The molecule has 25 heteroatoms. The first-order valence-electron chi connectivity index (χ1n) is 27.8. The van der Waals surface area contributed by atoms with Gasteiger partial charge in [0.25, 0.3) is 10.1 Å². The van der Waals surface area contributed by atoms with Gasteiger partial charge in [0.05, 0.1) is 92.9 Å². The van der Waals surface area contributed by atoms with Gasteiger partial charge in [-0.3, -0.25) is 14.1 Å². The number of rotatable bonds is 35. The fraction of sp³-hybridized carbons (Fsp3) is 0.390. The number of hydrogen-bond acceptors (Lipinski definition) is 17. The number of nitrogens with zero attached hydrogens (tertiary/aromatic N) is 4. The van der Waals surface area contributed by atoms with Crippen molar-refractivity contribution in [3.05, 3.63) is 126 Å². The number of aromatic nitrogens is 2. The molecule has 1 aromatic heterocycles. The Balaban J connectivity index is 0.761. The lowest BCUT2D eigenvalue weighted by Gasteiger charge is -2.22. The number of fused-ring (bicyclic) bond motifs is 2. The third kappa shape index (κ3) is 18.2. The Labute approximate surface area is 494 Å². The molecule has 1 aliphatic heterocycles. The summed E-state index contributed by atoms with van der Waals surface area (Å²) < 4.78 is 104. The molecule has 0 bridgehead atoms. The number of hydrogen-bond donors (Lipinski definition) is 5. The van der Waals surface area contributed by atoms with Gasteiger partial charge in [-0.2, -0.15) is 19.4 Å². The summed E-state index contributed by atoms with van der Waals surface area (Å²) in [6.07, 6.45) is 0.768. The van der Waals surface area contributed by atoms with Crippen molar-refractivity contribution in [3.63, 3.8) is 0 Å². The van der Waals surface area contributed by atoms with Gasteiger partial charge in [0, 0.05) is 102 Å². The van der Waals surface area contributed by atoms with Crippen molar-refractivity contribution in [2.75, 3.05) is 104 Å². The van der Waals surface area contributed by atoms with Crippen LogP contribution >= 0.6 is 12.0 Å². The lowest BCUT2D eigenvalue weighted by molar-refractivity contribution is -0.195. The first-order valence-corrected chi connectivity index (χ1v) is 31.5. The molecule has 2 amide bonds. The van der Waals surface area contributed by atoms with Crippen molar-refractivity contribution in [2.45, 2.75) is 68.6 Å². The number of ether oxygens (including phenoxy) is 4. The number of amides is 2. The second-order valence-electron chi connectivity index (χ2n) is 19.2. The van der Waals surface area contributed by atoms with Gasteiger partial charge in [-0.25, -0.2) is 22.4 Å². The van der Waals surface area contributed by atoms with Crippen LogP contribution in [0.2, 0.25) is 0 Å². The van der Waals surface area contributed by atoms with E-state index in [0.29, 0.717) is 34.3 Å². The first-order chi connectivity index (χ1) is 40.6. The quantitative estimate of drug-likeness (QED) is 0.00526. The number of nitrogens with two attached hydrogens (primary N) is 1. The zero-order chi connectivity index (χ0) is 60.1. The molecule has 0 saturated heterocycles. The molecule has 5 aromatic rings. The number of anilines is 1. The van der Waals surface area contributed by atoms with Gasteiger partial charge < -0.3 is 38.9 Å². The molecule has 2 heterocycles. The molecule has 7 rings (SSSR count). The van der Waals surface area contributed by atoms with Crippen LogP contribution in [0.25, 0.3) is 50.4 Å². The molecule has 6 N–H and O–H groups in total. The zero-order valence-electron chi connectivity index (χ0n) is 48.0. The monoisotopic (exact) mass is 1220 g/mol. The SMILES string of the molecule is CCN(CC)c1ccc2c(-c3ccc(S(=O)(=O)NCCOCCOCCOCCOCCC(=O)NCCNC(=O)CCc4cc(-c5ccc(C)cc5)n(-c5ccc(SOON)cc5)n4)cc3S(=O)(=O)O)c3ccc(=[N+](CC)CC)cc-3oc2c1. The summed E-state index contributed by atoms with van der Waals surface area (Å²) in [5.74, 6) is 5.07. The standard InChI is InChI=1S/C59H74N8O14S3/c1-6-65(7-2)46-17-22-50-54(39-46)79-55-40-47(66(8-3)9-4)18-23-51(55)59(50)52-24-21-49(41-56(52)84(72,73)74)83(70,71)63-29-31-76-33-35-78-37-36-77-34-32-75-30-26-58(69)62-28-27-61-57(68)25-14-44-38-53(43-12-10-42(5)11-13-43)67(64-44)45-15-19-48(20-16-45)82-81-80-60/h10-13,15-24,38-41,63H,6-9,14,25-37,60H2,1-5H3,(H2-,61,62,68,69,72,73,74)/p+1. The van der Waals surface area contributed by atoms with E-state index in [-0.39, 0.29) is 108 Å². The number of nitrogens with one attached hydrogen (secondary N) is 3. The van der Waals surface area contributed by atoms with Gasteiger partial charge in [0.15, 0.2) is 0 Å². The topological polar surface area (TPSA) is 277 Å². The highest BCUT2D eigenvalue weighted by molar-refractivity contribution is 7.94. The van der Waals surface area contributed by atoms with Crippen LogP contribution in [0.1, 0.15) is 51.8 Å². The number of carbonyl (C=O) groups is 2. The molecular formula is C59H75N8O14S3+. The molecule has 0 radical (unpaired) electrons. The van der Waals surface area contributed by atoms with Crippen molar-refractivity contribution in [2.24, 2.45) is 5.90 Å². The summed E-state index contributed by atoms with van der Waals surface area (Å²) in [4.78, 5) is 31.3. The minimum absolute atomic E-state index is 0.00112. The molecule has 1 aliphatic carbocycles. The van der Waals surface area contributed by atoms with Crippen LogP contribution in [0, 0.1) is 6.92 Å². The number of aryl methyl sites for hydroxylation is 2. The van der Waals surface area contributed by atoms with Crippen LogP contribution in [0.4, 0.5) is 5.69 Å². The molecule has 22 nitrogen and oxygen atoms in total. The van der Waals surface area contributed by atoms with Gasteiger partial charge in [0.1, 0.15) is 29.3 Å². The van der Waals surface area contributed by atoms with Crippen molar-refractivity contribution >= 4 is 60.7 Å². The maximum Gasteiger partial charge on any atom is 0.295 e. The van der Waals surface area contributed by atoms with E-state index in [1.165, 1.54) is 12.1 Å². The largest absolute Gasteiger partial charge is 0.456 e. The highest BCUT2D eigenvalue weighted by Crippen LogP contribution is 2.43. The Bertz CT molecular complexity index is 3550. The third-order valence-electron chi connectivity index (χ3n) is 13.6. The predicted octanol–water partition coefficient (Wildman–Crippen LogP) is 6.70. The van der Waals surface area contributed by atoms with Crippen LogP contribution in [0.3, 0.4) is 0 Å². The van der Waals surface area contributed by atoms with Crippen LogP contribution in [0.15, 0.2) is 128 Å². The van der Waals surface area contributed by atoms with E-state index in [1.807, 2.05) is 103 Å². The maximum absolute atomic E-state index is 13.5. The highest BCUT2D eigenvalue weighted by atomic mass is 32.2. The minimum Gasteiger partial charge on any atom is -0.456 e. The van der Waals surface area contributed by atoms with Crippen LogP contribution in [-0.4, -0.2) is 142 Å². The molecule has 452 valence electrons. The molecule has 0 fully saturated rings. The molecule has 0 unspecified atom stereocenters. The van der Waals surface area contributed by atoms with Crippen LogP contribution < -0.4 is 36.1 Å². The highest BCUT2D eigenvalue weighted by Gasteiger charge is 2.27. The van der Waals surface area contributed by atoms with E-state index in [2.05, 4.69) is 57.5 Å². The second kappa shape index (κ2) is 32.1. The Morgan fingerprint density at radius 2 is 1.35 bits per heavy atom. The number of benzene rings is 5. The Hall–Kier alpha value is -6.59. The predicted molar refractivity (Wildman–Crippen MR) is 321 cm³/mol. The maximum atomic E-state index is 13.5. The third-order valence-corrected chi connectivity index (χ3v) is 16.6. The summed E-state index contributed by atoms with van der Waals surface area (Å²) in [5, 5.41) is 11.9. The minimum atomic E-state index is -4.96. The van der Waals surface area contributed by atoms with Crippen LogP contribution in [0.5, 0.6) is 0 Å². The molecule has 4 aromatic carbocycles. The van der Waals surface area contributed by atoms with Gasteiger partial charge in [-0.1, -0.05) is 35.9 Å². The van der Waals surface area contributed by atoms with E-state index in [4.69, 9.17) is 38.7 Å². The van der Waals surface area contributed by atoms with Crippen molar-refractivity contribution in [1.29, 1.82) is 0 Å². The van der Waals surface area contributed by atoms with Gasteiger partial charge in [-0.15, -0.1) is 9.32 Å². The summed E-state index contributed by atoms with van der Waals surface area (Å²) in [5.41, 5.74) is 7.13. The molecule has 2 aliphatic rings. The van der Waals surface area contributed by atoms with Gasteiger partial charge >= 0.3 is 0 Å². The fourth-order valence-corrected chi connectivity index (χ4v) is 11.5. The first kappa shape index (κ1) is 65.0. The van der Waals surface area contributed by atoms with Crippen molar-refractivity contribution in [1.82, 2.24) is 29.7 Å². The normalized spacial score (nSPS) is 11.8. The van der Waals surface area contributed by atoms with E-state index < -0.39 is 25.0 Å². The molecule has 0 spiro atoms. The number of sulfonamides is 1. The van der Waals surface area contributed by atoms with Gasteiger partial charge in [-0.05, 0) is 95.3 Å². The van der Waals surface area contributed by atoms with Crippen molar-refractivity contribution in [3.8, 4) is 39.4 Å². The fourth-order valence-electron chi connectivity index (χ4n) is 9.28. The van der Waals surface area contributed by atoms with Crippen molar-refractivity contribution < 1.29 is 63.7 Å². The second-order valence-corrected chi connectivity index (χ2v) is 23.1. The Kier molecular flexibility index (Phi) is 24.8. The van der Waals surface area contributed by atoms with Crippen LogP contribution in [-0.2, 0) is 64.4 Å². The molecule has 84 heavy (non-hydrogen) atoms. The molecular weight excluding hydrogens is 1140 g/mol. The van der Waals surface area contributed by atoms with E-state index in [9.17, 15) is 31.0 Å². The lowest BCUT2D eigenvalue weighted by Crippen LogP contribution is -2.35. The van der Waals surface area contributed by atoms with E-state index >= 15 is 0 Å². The summed E-state index contributed by atoms with van der Waals surface area (Å²) in [7, 11) is -9.21. The molecule has 0 saturated carbocycles. The Morgan fingerprint density at radius 1 is 0.714 bits per heavy atom. The average Bonchev–Trinajstić information content (AvgIpc) is 3.87. The van der Waals surface area contributed by atoms with E-state index in [0.717, 1.165) is 88.4 Å². The summed E-state index contributed by atoms with van der Waals surface area (Å²) in [6, 6.07) is 32.7. The zero-order valence-corrected chi connectivity index (χ0v) is 50.4. The van der Waals surface area contributed by atoms with E-state index in [1.54, 1.807) is 0 Å². The lowest BCUT2D eigenvalue weighted by atomic mass is 9.93.